The molecule has 0 bridgehead atoms. The quantitative estimate of drug-likeness (QED) is 0.423. The summed E-state index contributed by atoms with van der Waals surface area (Å²) in [4.78, 5) is 8.73. The first kappa shape index (κ1) is 4.51. The fraction of sp³-hybridized carbons (Fsp3) is 1.00. The highest BCUT2D eigenvalue weighted by molar-refractivity contribution is 7.51. The molecular weight excluding hydrogens is 97.0 g/mol. The molecule has 2 nitrogen and oxygen atoms in total. The van der Waals surface area contributed by atoms with Crippen molar-refractivity contribution in [3.63, 3.8) is 0 Å². The van der Waals surface area contributed by atoms with Gasteiger partial charge in [-0.3, -0.25) is 0 Å². The van der Waals surface area contributed by atoms with Crippen molar-refractivity contribution >= 4 is 8.15 Å². The summed E-state index contributed by atoms with van der Waals surface area (Å²) in [6.45, 7) is 1.02. The molecule has 1 saturated heterocycles. The minimum absolute atomic E-state index is 0.576. The van der Waals surface area contributed by atoms with Gasteiger partial charge in [-0.1, -0.05) is 0 Å². The van der Waals surface area contributed by atoms with Crippen LogP contribution < -0.4 is 5.32 Å². The van der Waals surface area contributed by atoms with Crippen LogP contribution in [0.4, 0.5) is 0 Å². The monoisotopic (exact) mass is 105 g/mol. The Morgan fingerprint density at radius 3 is 2.67 bits per heavy atom. The van der Waals surface area contributed by atoms with Crippen LogP contribution in [-0.2, 0) is 0 Å². The average Bonchev–Trinajstić information content (AvgIpc) is 1.86. The van der Waals surface area contributed by atoms with Gasteiger partial charge in [0, 0.05) is 27.1 Å². The van der Waals surface area contributed by atoms with Gasteiger partial charge in [0.15, 0.2) is 0 Å². The van der Waals surface area contributed by atoms with E-state index in [-0.39, 0.29) is 0 Å². The van der Waals surface area contributed by atoms with Crippen molar-refractivity contribution in [2.24, 2.45) is 0 Å². The van der Waals surface area contributed by atoms with Gasteiger partial charge in [-0.15, -0.1) is 0 Å². The van der Waals surface area contributed by atoms with Crippen LogP contribution in [0.1, 0.15) is 0 Å². The second-order valence-corrected chi connectivity index (χ2v) is 3.16. The van der Waals surface area contributed by atoms with Crippen molar-refractivity contribution in [1.29, 1.82) is 0 Å². The summed E-state index contributed by atoms with van der Waals surface area (Å²) in [7, 11) is -0.576. The van der Waals surface area contributed by atoms with Crippen LogP contribution in [0, 0.1) is 0 Å². The molecule has 1 aliphatic rings. The maximum Gasteiger partial charge on any atom is 0.0405 e. The van der Waals surface area contributed by atoms with E-state index >= 15 is 0 Å². The summed E-state index contributed by atoms with van der Waals surface area (Å²) in [5, 5.41) is 3.05. The first-order valence-electron chi connectivity index (χ1n) is 2.04. The predicted molar refractivity (Wildman–Crippen MR) is 26.9 cm³/mol. The third-order valence-corrected chi connectivity index (χ3v) is 2.17. The van der Waals surface area contributed by atoms with Gasteiger partial charge in [-0.2, -0.15) is 0 Å². The Morgan fingerprint density at radius 1 is 1.67 bits per heavy atom. The van der Waals surface area contributed by atoms with Gasteiger partial charge in [-0.25, -0.2) is 0 Å². The van der Waals surface area contributed by atoms with E-state index in [1.807, 2.05) is 0 Å². The molecule has 6 heavy (non-hydrogen) atoms. The Hall–Kier alpha value is 0.350. The molecule has 0 aliphatic carbocycles. The molecule has 1 atom stereocenters. The zero-order valence-electron chi connectivity index (χ0n) is 3.52. The fourth-order valence-electron chi connectivity index (χ4n) is 0.495. The van der Waals surface area contributed by atoms with Crippen molar-refractivity contribution in [2.45, 2.75) is 0 Å². The predicted octanol–water partition coefficient (Wildman–Crippen LogP) is -0.0637. The zero-order chi connectivity index (χ0) is 4.41. The molecule has 1 rings (SSSR count). The summed E-state index contributed by atoms with van der Waals surface area (Å²) < 4.78 is 0. The van der Waals surface area contributed by atoms with Crippen LogP contribution in [0.5, 0.6) is 0 Å². The van der Waals surface area contributed by atoms with E-state index in [2.05, 4.69) is 5.32 Å². The summed E-state index contributed by atoms with van der Waals surface area (Å²) in [5.41, 5.74) is 0. The Kier molecular flexibility index (Phi) is 1.41. The zero-order valence-corrected chi connectivity index (χ0v) is 4.41. The lowest BCUT2D eigenvalue weighted by Gasteiger charge is -1.90. The van der Waals surface area contributed by atoms with E-state index < -0.39 is 8.15 Å². The van der Waals surface area contributed by atoms with Crippen LogP contribution in [0.25, 0.3) is 0 Å². The molecule has 1 fully saturated rings. The highest BCUT2D eigenvalue weighted by atomic mass is 31.1. The molecule has 0 amide bonds. The average molecular weight is 105 g/mol. The van der Waals surface area contributed by atoms with Gasteiger partial charge in [0.25, 0.3) is 0 Å². The lowest BCUT2D eigenvalue weighted by Crippen LogP contribution is -2.04. The highest BCUT2D eigenvalue weighted by Crippen LogP contribution is 2.29. The Balaban J connectivity index is 2.18. The molecular formula is C3H8NOP. The molecule has 0 aromatic heterocycles. The van der Waals surface area contributed by atoms with Crippen molar-refractivity contribution < 1.29 is 4.89 Å². The Labute approximate surface area is 38.4 Å². The van der Waals surface area contributed by atoms with E-state index in [1.54, 1.807) is 0 Å². The van der Waals surface area contributed by atoms with Crippen LogP contribution in [0.15, 0.2) is 0 Å². The fourth-order valence-corrected chi connectivity index (χ4v) is 1.49. The Morgan fingerprint density at radius 2 is 2.50 bits per heavy atom. The third kappa shape index (κ3) is 0.904. The van der Waals surface area contributed by atoms with E-state index in [9.17, 15) is 0 Å². The van der Waals surface area contributed by atoms with Crippen molar-refractivity contribution in [3.8, 4) is 0 Å². The van der Waals surface area contributed by atoms with Crippen molar-refractivity contribution in [1.82, 2.24) is 5.32 Å². The normalized spacial score (nSPS) is 34.5. The first-order valence-corrected chi connectivity index (χ1v) is 3.70. The minimum atomic E-state index is -0.576. The van der Waals surface area contributed by atoms with Crippen LogP contribution in [-0.4, -0.2) is 23.9 Å². The van der Waals surface area contributed by atoms with E-state index in [0.717, 1.165) is 19.0 Å². The van der Waals surface area contributed by atoms with E-state index in [1.165, 1.54) is 0 Å². The van der Waals surface area contributed by atoms with E-state index in [4.69, 9.17) is 4.89 Å². The largest absolute Gasteiger partial charge is 0.372 e. The van der Waals surface area contributed by atoms with Gasteiger partial charge in [0.05, 0.1) is 0 Å². The molecule has 0 aromatic carbocycles. The molecule has 1 unspecified atom stereocenters. The first-order chi connectivity index (χ1) is 2.89. The molecule has 1 heterocycles. The van der Waals surface area contributed by atoms with Gasteiger partial charge < -0.3 is 10.2 Å². The Bertz CT molecular complexity index is 44.1. The minimum Gasteiger partial charge on any atom is -0.372 e. The summed E-state index contributed by atoms with van der Waals surface area (Å²) in [5.74, 6) is 0. The smallest absolute Gasteiger partial charge is 0.0405 e. The number of hydrogen-bond acceptors (Lipinski definition) is 2. The molecule has 0 aromatic rings. The number of hydrogen-bond donors (Lipinski definition) is 2. The molecule has 0 spiro atoms. The van der Waals surface area contributed by atoms with E-state index in [0.29, 0.717) is 0 Å². The third-order valence-electron chi connectivity index (χ3n) is 0.841. The lowest BCUT2D eigenvalue weighted by atomic mass is 10.8. The summed E-state index contributed by atoms with van der Waals surface area (Å²) >= 11 is 0. The van der Waals surface area contributed by atoms with Gasteiger partial charge in [-0.05, 0) is 0 Å². The number of nitrogens with one attached hydrogen (secondary N) is 1. The van der Waals surface area contributed by atoms with Crippen LogP contribution >= 0.6 is 8.15 Å². The topological polar surface area (TPSA) is 32.3 Å². The molecule has 0 radical (unpaired) electrons. The molecule has 2 N–H and O–H groups in total. The van der Waals surface area contributed by atoms with Crippen LogP contribution in [0.3, 0.4) is 0 Å². The molecule has 3 heteroatoms. The van der Waals surface area contributed by atoms with Gasteiger partial charge in [0.1, 0.15) is 0 Å². The summed E-state index contributed by atoms with van der Waals surface area (Å²) in [6.07, 6.45) is 1.85. The van der Waals surface area contributed by atoms with Gasteiger partial charge >= 0.3 is 0 Å². The number of rotatable bonds is 0. The molecule has 1 aliphatic heterocycles. The second-order valence-electron chi connectivity index (χ2n) is 1.39. The maximum atomic E-state index is 8.73. The van der Waals surface area contributed by atoms with Crippen molar-refractivity contribution in [2.75, 3.05) is 19.0 Å². The highest BCUT2D eigenvalue weighted by Gasteiger charge is 2.08. The second kappa shape index (κ2) is 1.87. The summed E-state index contributed by atoms with van der Waals surface area (Å²) in [6, 6.07) is 0. The molecule has 36 valence electrons. The molecule has 0 saturated carbocycles. The van der Waals surface area contributed by atoms with Crippen LogP contribution in [0.2, 0.25) is 0 Å². The SMILES string of the molecule is OP1CCNC1. The van der Waals surface area contributed by atoms with Gasteiger partial charge in [0.2, 0.25) is 0 Å². The lowest BCUT2D eigenvalue weighted by molar-refractivity contribution is 0.630. The maximum absolute atomic E-state index is 8.73. The standard InChI is InChI=1S/C3H8NOP/c5-6-2-1-4-3-6/h4-5H,1-3H2. The van der Waals surface area contributed by atoms with Crippen molar-refractivity contribution in [3.05, 3.63) is 0 Å².